The van der Waals surface area contributed by atoms with Gasteiger partial charge in [0.25, 0.3) is 0 Å². The number of aromatic amines is 1. The highest BCUT2D eigenvalue weighted by atomic mass is 19.1. The van der Waals surface area contributed by atoms with E-state index in [0.29, 0.717) is 0 Å². The van der Waals surface area contributed by atoms with Crippen molar-refractivity contribution in [1.82, 2.24) is 9.97 Å². The monoisotopic (exact) mass is 286 g/mol. The number of H-pyrrole nitrogens is 1. The lowest BCUT2D eigenvalue weighted by atomic mass is 10.1. The normalized spacial score (nSPS) is 30.6. The Morgan fingerprint density at radius 1 is 1.60 bits per heavy atom. The predicted octanol–water partition coefficient (Wildman–Crippen LogP) is -1.86. The topological polar surface area (TPSA) is 167 Å². The van der Waals surface area contributed by atoms with Gasteiger partial charge in [-0.25, -0.2) is 9.37 Å². The number of aliphatic hydroxyl groups is 2. The van der Waals surface area contributed by atoms with Crippen LogP contribution in [0.3, 0.4) is 0 Å². The summed E-state index contributed by atoms with van der Waals surface area (Å²) in [4.78, 5) is 10.0. The molecular weight excluding hydrogens is 271 g/mol. The van der Waals surface area contributed by atoms with Gasteiger partial charge in [0.15, 0.2) is 17.8 Å². The maximum absolute atomic E-state index is 13.9. The number of nitrogens with two attached hydrogens (primary N) is 2. The lowest BCUT2D eigenvalue weighted by molar-refractivity contribution is -0.0235. The van der Waals surface area contributed by atoms with E-state index in [1.807, 2.05) is 0 Å². The SMILES string of the molecule is N=C(N)N=C(N)c1ncc([C@@H]2OC(CO)[C@@H](O)[C@H]2F)[nH]1. The molecule has 1 fully saturated rings. The fraction of sp³-hybridized carbons (Fsp3) is 0.500. The number of rotatable bonds is 3. The Kier molecular flexibility index (Phi) is 3.97. The van der Waals surface area contributed by atoms with Crippen LogP contribution in [0.5, 0.6) is 0 Å². The van der Waals surface area contributed by atoms with Crippen LogP contribution < -0.4 is 11.5 Å². The molecule has 1 aromatic heterocycles. The molecule has 1 unspecified atom stereocenters. The van der Waals surface area contributed by atoms with Gasteiger partial charge in [-0.3, -0.25) is 5.41 Å². The number of alkyl halides is 1. The second kappa shape index (κ2) is 5.53. The van der Waals surface area contributed by atoms with Crippen LogP contribution in [-0.2, 0) is 4.74 Å². The van der Waals surface area contributed by atoms with E-state index in [9.17, 15) is 9.50 Å². The Hall–Kier alpha value is -2.04. The van der Waals surface area contributed by atoms with Crippen molar-refractivity contribution in [3.05, 3.63) is 17.7 Å². The number of guanidine groups is 1. The van der Waals surface area contributed by atoms with Gasteiger partial charge in [-0.15, -0.1) is 0 Å². The molecule has 0 amide bonds. The molecular formula is C10H15FN6O3. The molecule has 0 saturated carbocycles. The van der Waals surface area contributed by atoms with Gasteiger partial charge in [0.2, 0.25) is 5.96 Å². The van der Waals surface area contributed by atoms with Crippen molar-refractivity contribution in [2.24, 2.45) is 16.5 Å². The van der Waals surface area contributed by atoms with E-state index < -0.39 is 37.1 Å². The summed E-state index contributed by atoms with van der Waals surface area (Å²) in [7, 11) is 0. The predicted molar refractivity (Wildman–Crippen MR) is 66.8 cm³/mol. The minimum absolute atomic E-state index is 0.105. The van der Waals surface area contributed by atoms with Gasteiger partial charge in [-0.05, 0) is 0 Å². The number of hydrogen-bond acceptors (Lipinski definition) is 5. The largest absolute Gasteiger partial charge is 0.394 e. The number of amidine groups is 1. The summed E-state index contributed by atoms with van der Waals surface area (Å²) in [5.41, 5.74) is 10.8. The lowest BCUT2D eigenvalue weighted by Gasteiger charge is -2.10. The molecule has 0 radical (unpaired) electrons. The molecule has 0 spiro atoms. The molecule has 9 nitrogen and oxygen atoms in total. The summed E-state index contributed by atoms with van der Waals surface area (Å²) in [6.45, 7) is -0.493. The summed E-state index contributed by atoms with van der Waals surface area (Å²) in [6.07, 6.45) is -3.92. The van der Waals surface area contributed by atoms with E-state index in [-0.39, 0.29) is 17.4 Å². The first-order valence-corrected chi connectivity index (χ1v) is 5.76. The maximum Gasteiger partial charge on any atom is 0.214 e. The van der Waals surface area contributed by atoms with Crippen LogP contribution in [-0.4, -0.2) is 57.0 Å². The van der Waals surface area contributed by atoms with E-state index in [2.05, 4.69) is 15.0 Å². The maximum atomic E-state index is 13.9. The summed E-state index contributed by atoms with van der Waals surface area (Å²) in [6, 6.07) is 0. The second-order valence-corrected chi connectivity index (χ2v) is 4.28. The van der Waals surface area contributed by atoms with Gasteiger partial charge in [0, 0.05) is 0 Å². The van der Waals surface area contributed by atoms with Crippen LogP contribution in [0.25, 0.3) is 0 Å². The number of aliphatic imine (C=N–C) groups is 1. The van der Waals surface area contributed by atoms with E-state index in [1.165, 1.54) is 6.20 Å². The molecule has 1 aliphatic rings. The zero-order valence-electron chi connectivity index (χ0n) is 10.3. The number of hydrogen-bond donors (Lipinski definition) is 6. The summed E-state index contributed by atoms with van der Waals surface area (Å²) >= 11 is 0. The van der Waals surface area contributed by atoms with Crippen LogP contribution in [0.2, 0.25) is 0 Å². The van der Waals surface area contributed by atoms with E-state index in [4.69, 9.17) is 26.7 Å². The van der Waals surface area contributed by atoms with Crippen LogP contribution in [0.1, 0.15) is 17.6 Å². The average Bonchev–Trinajstić information content (AvgIpc) is 2.96. The molecule has 110 valence electrons. The number of nitrogens with zero attached hydrogens (tertiary/aromatic N) is 2. The minimum Gasteiger partial charge on any atom is -0.394 e. The van der Waals surface area contributed by atoms with Crippen molar-refractivity contribution < 1.29 is 19.3 Å². The number of halogens is 1. The molecule has 4 atom stereocenters. The standard InChI is InChI=1S/C10H15FN6O3/c11-5-6(19)4(2-18)20-7(5)3-1-15-9(16-3)8(12)17-10(13)14/h1,4-7,18-19H,2H2,(H,15,16)(H5,12,13,14,17)/t4?,5-,6-,7+/m1/s1. The Morgan fingerprint density at radius 3 is 2.85 bits per heavy atom. The smallest absolute Gasteiger partial charge is 0.214 e. The minimum atomic E-state index is -1.70. The molecule has 20 heavy (non-hydrogen) atoms. The van der Waals surface area contributed by atoms with Crippen LogP contribution in [0, 0.1) is 5.41 Å². The third-order valence-corrected chi connectivity index (χ3v) is 2.88. The van der Waals surface area contributed by atoms with E-state index in [1.54, 1.807) is 0 Å². The highest BCUT2D eigenvalue weighted by molar-refractivity contribution is 6.01. The number of aliphatic hydroxyl groups excluding tert-OH is 2. The van der Waals surface area contributed by atoms with Crippen molar-refractivity contribution in [2.45, 2.75) is 24.5 Å². The lowest BCUT2D eigenvalue weighted by Crippen LogP contribution is -2.30. The first kappa shape index (κ1) is 14.4. The summed E-state index contributed by atoms with van der Waals surface area (Å²) in [5, 5.41) is 25.5. The molecule has 2 rings (SSSR count). The summed E-state index contributed by atoms with van der Waals surface area (Å²) in [5.74, 6) is -0.513. The van der Waals surface area contributed by atoms with Gasteiger partial charge >= 0.3 is 0 Å². The molecule has 10 heteroatoms. The van der Waals surface area contributed by atoms with Crippen molar-refractivity contribution in [1.29, 1.82) is 5.41 Å². The Labute approximate surface area is 113 Å². The van der Waals surface area contributed by atoms with Crippen molar-refractivity contribution in [3.8, 4) is 0 Å². The van der Waals surface area contributed by atoms with Gasteiger partial charge in [-0.1, -0.05) is 0 Å². The number of aromatic nitrogens is 2. The van der Waals surface area contributed by atoms with E-state index in [0.717, 1.165) is 0 Å². The second-order valence-electron chi connectivity index (χ2n) is 4.28. The quantitative estimate of drug-likeness (QED) is 0.281. The molecule has 0 aliphatic carbocycles. The zero-order valence-corrected chi connectivity index (χ0v) is 10.3. The third-order valence-electron chi connectivity index (χ3n) is 2.88. The molecule has 0 aromatic carbocycles. The molecule has 1 saturated heterocycles. The van der Waals surface area contributed by atoms with Gasteiger partial charge < -0.3 is 31.4 Å². The Balaban J connectivity index is 2.19. The van der Waals surface area contributed by atoms with Crippen LogP contribution in [0.15, 0.2) is 11.2 Å². The van der Waals surface area contributed by atoms with Crippen LogP contribution in [0.4, 0.5) is 4.39 Å². The third kappa shape index (κ3) is 2.61. The summed E-state index contributed by atoms with van der Waals surface area (Å²) < 4.78 is 19.1. The van der Waals surface area contributed by atoms with Gasteiger partial charge in [0.05, 0.1) is 18.5 Å². The van der Waals surface area contributed by atoms with Crippen LogP contribution >= 0.6 is 0 Å². The molecule has 1 aliphatic heterocycles. The number of nitrogens with one attached hydrogen (secondary N) is 2. The number of ether oxygens (including phenoxy) is 1. The average molecular weight is 286 g/mol. The highest BCUT2D eigenvalue weighted by Crippen LogP contribution is 2.34. The van der Waals surface area contributed by atoms with Crippen molar-refractivity contribution >= 4 is 11.8 Å². The fourth-order valence-electron chi connectivity index (χ4n) is 1.92. The molecule has 8 N–H and O–H groups in total. The zero-order chi connectivity index (χ0) is 14.9. The molecule has 2 heterocycles. The first-order valence-electron chi connectivity index (χ1n) is 5.76. The Bertz CT molecular complexity index is 533. The Morgan fingerprint density at radius 2 is 2.30 bits per heavy atom. The number of imidazole rings is 1. The van der Waals surface area contributed by atoms with Crippen molar-refractivity contribution in [2.75, 3.05) is 6.61 Å². The first-order chi connectivity index (χ1) is 9.43. The van der Waals surface area contributed by atoms with Gasteiger partial charge in [0.1, 0.15) is 18.3 Å². The fourth-order valence-corrected chi connectivity index (χ4v) is 1.92. The van der Waals surface area contributed by atoms with Crippen molar-refractivity contribution in [3.63, 3.8) is 0 Å². The highest BCUT2D eigenvalue weighted by Gasteiger charge is 2.45. The van der Waals surface area contributed by atoms with E-state index >= 15 is 0 Å². The molecule has 1 aromatic rings. The van der Waals surface area contributed by atoms with Gasteiger partial charge in [-0.2, -0.15) is 4.99 Å². The molecule has 0 bridgehead atoms.